The smallest absolute Gasteiger partial charge is 0.264 e. The van der Waals surface area contributed by atoms with Crippen LogP contribution in [-0.4, -0.2) is 58.0 Å². The molecule has 2 amide bonds. The van der Waals surface area contributed by atoms with Crippen molar-refractivity contribution >= 4 is 27.5 Å². The van der Waals surface area contributed by atoms with Gasteiger partial charge in [0, 0.05) is 25.1 Å². The van der Waals surface area contributed by atoms with Gasteiger partial charge in [-0.25, -0.2) is 8.42 Å². The second kappa shape index (κ2) is 16.1. The summed E-state index contributed by atoms with van der Waals surface area (Å²) < 4.78 is 40.4. The Hall–Kier alpha value is -4.83. The minimum absolute atomic E-state index is 0.0763. The number of benzene rings is 4. The standard InChI is InChI=1S/C37H43N3O6S/c1-6-28(3)38-37(42)33(23-29-16-9-7-10-17-29)39(25-30-18-14-13-15-27(30)2)36(41)26-40(31-19-11-8-12-20-31)47(43,44)32-21-22-34(45-4)35(24-32)46-5/h7-22,24,28,33H,6,23,25-26H2,1-5H3,(H,38,42). The van der Waals surface area contributed by atoms with Gasteiger partial charge < -0.3 is 19.7 Å². The topological polar surface area (TPSA) is 105 Å². The van der Waals surface area contributed by atoms with Crippen LogP contribution in [0.1, 0.15) is 37.0 Å². The highest BCUT2D eigenvalue weighted by Gasteiger charge is 2.35. The number of anilines is 1. The number of methoxy groups -OCH3 is 2. The Bertz CT molecular complexity index is 1750. The van der Waals surface area contributed by atoms with Crippen LogP contribution in [0.2, 0.25) is 0 Å². The molecule has 2 atom stereocenters. The second-order valence-electron chi connectivity index (χ2n) is 11.3. The van der Waals surface area contributed by atoms with Crippen LogP contribution in [0.25, 0.3) is 0 Å². The summed E-state index contributed by atoms with van der Waals surface area (Å²) >= 11 is 0. The van der Waals surface area contributed by atoms with E-state index in [2.05, 4.69) is 5.32 Å². The number of amides is 2. The van der Waals surface area contributed by atoms with Gasteiger partial charge in [0.2, 0.25) is 11.8 Å². The number of ether oxygens (including phenoxy) is 2. The Morgan fingerprint density at radius 3 is 2.06 bits per heavy atom. The van der Waals surface area contributed by atoms with Crippen LogP contribution in [0, 0.1) is 6.92 Å². The van der Waals surface area contributed by atoms with E-state index in [1.165, 1.54) is 37.3 Å². The maximum absolute atomic E-state index is 14.6. The second-order valence-corrected chi connectivity index (χ2v) is 13.2. The summed E-state index contributed by atoms with van der Waals surface area (Å²) in [5, 5.41) is 3.06. The van der Waals surface area contributed by atoms with Crippen molar-refractivity contribution in [2.75, 3.05) is 25.1 Å². The average molecular weight is 658 g/mol. The van der Waals surface area contributed by atoms with Crippen molar-refractivity contribution < 1.29 is 27.5 Å². The first-order chi connectivity index (χ1) is 22.6. The fourth-order valence-electron chi connectivity index (χ4n) is 5.19. The molecule has 0 saturated carbocycles. The molecule has 0 bridgehead atoms. The van der Waals surface area contributed by atoms with Gasteiger partial charge in [-0.3, -0.25) is 13.9 Å². The molecule has 0 heterocycles. The zero-order chi connectivity index (χ0) is 34.0. The van der Waals surface area contributed by atoms with Gasteiger partial charge in [0.25, 0.3) is 10.0 Å². The van der Waals surface area contributed by atoms with E-state index in [4.69, 9.17) is 9.47 Å². The number of rotatable bonds is 15. The van der Waals surface area contributed by atoms with Gasteiger partial charge in [0.05, 0.1) is 24.8 Å². The van der Waals surface area contributed by atoms with E-state index in [1.807, 2.05) is 75.4 Å². The molecule has 0 fully saturated rings. The summed E-state index contributed by atoms with van der Waals surface area (Å²) in [6.07, 6.45) is 0.954. The van der Waals surface area contributed by atoms with E-state index >= 15 is 0 Å². The summed E-state index contributed by atoms with van der Waals surface area (Å²) in [5.41, 5.74) is 2.97. The molecule has 1 N–H and O–H groups in total. The van der Waals surface area contributed by atoms with Crippen LogP contribution >= 0.6 is 0 Å². The number of nitrogens with zero attached hydrogens (tertiary/aromatic N) is 2. The zero-order valence-electron chi connectivity index (χ0n) is 27.6. The first-order valence-electron chi connectivity index (χ1n) is 15.6. The molecule has 248 valence electrons. The number of hydrogen-bond acceptors (Lipinski definition) is 6. The average Bonchev–Trinajstić information content (AvgIpc) is 3.09. The molecule has 0 spiro atoms. The predicted octanol–water partition coefficient (Wildman–Crippen LogP) is 5.76. The van der Waals surface area contributed by atoms with Gasteiger partial charge in [-0.15, -0.1) is 0 Å². The Labute approximate surface area is 278 Å². The molecule has 4 rings (SSSR count). The highest BCUT2D eigenvalue weighted by Crippen LogP contribution is 2.32. The molecule has 9 nitrogen and oxygen atoms in total. The van der Waals surface area contributed by atoms with E-state index in [9.17, 15) is 18.0 Å². The van der Waals surface area contributed by atoms with Crippen LogP contribution in [0.15, 0.2) is 108 Å². The monoisotopic (exact) mass is 657 g/mol. The number of sulfonamides is 1. The number of carbonyl (C=O) groups excluding carboxylic acids is 2. The third-order valence-corrected chi connectivity index (χ3v) is 9.91. The van der Waals surface area contributed by atoms with Crippen LogP contribution in [0.4, 0.5) is 5.69 Å². The lowest BCUT2D eigenvalue weighted by atomic mass is 10.0. The van der Waals surface area contributed by atoms with Gasteiger partial charge in [-0.1, -0.05) is 79.7 Å². The maximum atomic E-state index is 14.6. The Kier molecular flexibility index (Phi) is 12.0. The van der Waals surface area contributed by atoms with Crippen molar-refractivity contribution in [1.29, 1.82) is 0 Å². The maximum Gasteiger partial charge on any atom is 0.264 e. The molecular weight excluding hydrogens is 614 g/mol. The molecule has 4 aromatic carbocycles. The van der Waals surface area contributed by atoms with Gasteiger partial charge in [-0.2, -0.15) is 0 Å². The largest absolute Gasteiger partial charge is 0.493 e. The Morgan fingerprint density at radius 1 is 0.830 bits per heavy atom. The highest BCUT2D eigenvalue weighted by molar-refractivity contribution is 7.92. The van der Waals surface area contributed by atoms with Gasteiger partial charge in [-0.05, 0) is 61.2 Å². The van der Waals surface area contributed by atoms with Crippen LogP contribution in [-0.2, 0) is 32.6 Å². The highest BCUT2D eigenvalue weighted by atomic mass is 32.2. The van der Waals surface area contributed by atoms with Crippen LogP contribution in [0.3, 0.4) is 0 Å². The van der Waals surface area contributed by atoms with Crippen molar-refractivity contribution in [3.8, 4) is 11.5 Å². The van der Waals surface area contributed by atoms with E-state index in [1.54, 1.807) is 30.3 Å². The van der Waals surface area contributed by atoms with Crippen molar-refractivity contribution in [1.82, 2.24) is 10.2 Å². The van der Waals surface area contributed by atoms with E-state index < -0.39 is 28.5 Å². The molecule has 2 unspecified atom stereocenters. The van der Waals surface area contributed by atoms with E-state index in [0.29, 0.717) is 17.9 Å². The third kappa shape index (κ3) is 8.71. The normalized spacial score (nSPS) is 12.4. The Balaban J connectivity index is 1.82. The number of para-hydroxylation sites is 1. The summed E-state index contributed by atoms with van der Waals surface area (Å²) in [4.78, 5) is 30.0. The molecule has 0 radical (unpaired) electrons. The molecule has 47 heavy (non-hydrogen) atoms. The van der Waals surface area contributed by atoms with Gasteiger partial charge >= 0.3 is 0 Å². The lowest BCUT2D eigenvalue weighted by molar-refractivity contribution is -0.140. The summed E-state index contributed by atoms with van der Waals surface area (Å²) in [5.74, 6) is -0.228. The summed E-state index contributed by atoms with van der Waals surface area (Å²) in [6.45, 7) is 5.40. The van der Waals surface area contributed by atoms with Gasteiger partial charge in [0.1, 0.15) is 12.6 Å². The molecular formula is C37H43N3O6S. The molecule has 0 aliphatic rings. The number of nitrogens with one attached hydrogen (secondary N) is 1. The van der Waals surface area contributed by atoms with Crippen molar-refractivity contribution in [2.24, 2.45) is 0 Å². The SMILES string of the molecule is CCC(C)NC(=O)C(Cc1ccccc1)N(Cc1ccccc1C)C(=O)CN(c1ccccc1)S(=O)(=O)c1ccc(OC)c(OC)c1. The lowest BCUT2D eigenvalue weighted by Crippen LogP contribution is -2.54. The zero-order valence-corrected chi connectivity index (χ0v) is 28.4. The minimum atomic E-state index is -4.30. The third-order valence-electron chi connectivity index (χ3n) is 8.14. The first kappa shape index (κ1) is 35.0. The van der Waals surface area contributed by atoms with Crippen LogP contribution < -0.4 is 19.1 Å². The van der Waals surface area contributed by atoms with E-state index in [-0.39, 0.29) is 35.6 Å². The fourth-order valence-corrected chi connectivity index (χ4v) is 6.62. The number of carbonyl (C=O) groups is 2. The first-order valence-corrected chi connectivity index (χ1v) is 17.0. The minimum Gasteiger partial charge on any atom is -0.493 e. The molecule has 0 aliphatic heterocycles. The summed E-state index contributed by atoms with van der Waals surface area (Å²) in [6, 6.07) is 28.9. The Morgan fingerprint density at radius 2 is 1.45 bits per heavy atom. The molecule has 0 aliphatic carbocycles. The van der Waals surface area contributed by atoms with E-state index in [0.717, 1.165) is 21.0 Å². The number of hydrogen-bond donors (Lipinski definition) is 1. The van der Waals surface area contributed by atoms with Crippen molar-refractivity contribution in [3.63, 3.8) is 0 Å². The molecule has 10 heteroatoms. The van der Waals surface area contributed by atoms with Crippen LogP contribution in [0.5, 0.6) is 11.5 Å². The lowest BCUT2D eigenvalue weighted by Gasteiger charge is -2.34. The molecule has 4 aromatic rings. The quantitative estimate of drug-likeness (QED) is 0.174. The fraction of sp³-hybridized carbons (Fsp3) is 0.297. The van der Waals surface area contributed by atoms with Gasteiger partial charge in [0.15, 0.2) is 11.5 Å². The molecule has 0 saturated heterocycles. The number of aryl methyl sites for hydroxylation is 1. The van der Waals surface area contributed by atoms with Crippen molar-refractivity contribution in [2.45, 2.75) is 57.1 Å². The summed E-state index contributed by atoms with van der Waals surface area (Å²) in [7, 11) is -1.41. The molecule has 0 aromatic heterocycles. The predicted molar refractivity (Wildman–Crippen MR) is 184 cm³/mol. The van der Waals surface area contributed by atoms with Crippen molar-refractivity contribution in [3.05, 3.63) is 120 Å².